The van der Waals surface area contributed by atoms with E-state index in [1.165, 1.54) is 0 Å². The number of halogens is 3. The number of nitrogens with zero attached hydrogens (tertiary/aromatic N) is 1. The molecule has 2 N–H and O–H groups in total. The number of rotatable bonds is 3. The van der Waals surface area contributed by atoms with Gasteiger partial charge in [-0.05, 0) is 18.2 Å². The SMILES string of the molecule is Fc1cc(F)c(CNc2cccc3[nH]ncc23)cc1F. The first-order chi connectivity index (χ1) is 9.65. The zero-order chi connectivity index (χ0) is 14.1. The van der Waals surface area contributed by atoms with Crippen LogP contribution in [0.1, 0.15) is 5.56 Å². The summed E-state index contributed by atoms with van der Waals surface area (Å²) in [6.45, 7) is 0.0489. The molecule has 0 amide bonds. The van der Waals surface area contributed by atoms with E-state index in [1.54, 1.807) is 12.3 Å². The number of aromatic nitrogens is 2. The Morgan fingerprint density at radius 2 is 1.85 bits per heavy atom. The molecule has 0 bridgehead atoms. The largest absolute Gasteiger partial charge is 0.380 e. The molecule has 6 heteroatoms. The van der Waals surface area contributed by atoms with Crippen LogP contribution in [0.4, 0.5) is 18.9 Å². The fourth-order valence-electron chi connectivity index (χ4n) is 2.01. The molecule has 0 fully saturated rings. The molecule has 0 aliphatic heterocycles. The highest BCUT2D eigenvalue weighted by Gasteiger charge is 2.10. The zero-order valence-corrected chi connectivity index (χ0v) is 10.3. The molecule has 3 rings (SSSR count). The molecule has 0 atom stereocenters. The summed E-state index contributed by atoms with van der Waals surface area (Å²) in [7, 11) is 0. The number of aromatic amines is 1. The van der Waals surface area contributed by atoms with Gasteiger partial charge in [-0.2, -0.15) is 5.10 Å². The Bertz CT molecular complexity index is 767. The maximum Gasteiger partial charge on any atom is 0.161 e. The van der Waals surface area contributed by atoms with Gasteiger partial charge in [0, 0.05) is 29.2 Å². The van der Waals surface area contributed by atoms with Gasteiger partial charge in [0.25, 0.3) is 0 Å². The summed E-state index contributed by atoms with van der Waals surface area (Å²) in [5, 5.41) is 10.6. The first-order valence-electron chi connectivity index (χ1n) is 5.94. The topological polar surface area (TPSA) is 40.7 Å². The van der Waals surface area contributed by atoms with Gasteiger partial charge in [0.1, 0.15) is 5.82 Å². The third-order valence-corrected chi connectivity index (χ3v) is 3.04. The first kappa shape index (κ1) is 12.5. The Labute approximate surface area is 112 Å². The molecule has 2 aromatic carbocycles. The van der Waals surface area contributed by atoms with Crippen molar-refractivity contribution in [2.75, 3.05) is 5.32 Å². The number of fused-ring (bicyclic) bond motifs is 1. The molecule has 1 heterocycles. The Balaban J connectivity index is 1.86. The summed E-state index contributed by atoms with van der Waals surface area (Å²) in [6, 6.07) is 6.86. The normalized spacial score (nSPS) is 10.9. The van der Waals surface area contributed by atoms with E-state index < -0.39 is 17.5 Å². The van der Waals surface area contributed by atoms with Gasteiger partial charge in [0.05, 0.1) is 11.7 Å². The fraction of sp³-hybridized carbons (Fsp3) is 0.0714. The third-order valence-electron chi connectivity index (χ3n) is 3.04. The lowest BCUT2D eigenvalue weighted by Crippen LogP contribution is -2.03. The second kappa shape index (κ2) is 4.88. The molecule has 0 radical (unpaired) electrons. The molecule has 0 saturated carbocycles. The maximum absolute atomic E-state index is 13.5. The van der Waals surface area contributed by atoms with Gasteiger partial charge in [-0.3, -0.25) is 5.10 Å². The van der Waals surface area contributed by atoms with E-state index in [2.05, 4.69) is 15.5 Å². The lowest BCUT2D eigenvalue weighted by Gasteiger charge is -2.09. The molecule has 0 spiro atoms. The van der Waals surface area contributed by atoms with Crippen LogP contribution in [0.2, 0.25) is 0 Å². The summed E-state index contributed by atoms with van der Waals surface area (Å²) in [6.07, 6.45) is 1.64. The fourth-order valence-corrected chi connectivity index (χ4v) is 2.01. The molecule has 0 aliphatic carbocycles. The first-order valence-corrected chi connectivity index (χ1v) is 5.94. The standard InChI is InChI=1S/C14H10F3N3/c15-10-5-12(17)11(16)4-8(10)6-18-13-2-1-3-14-9(13)7-19-20-14/h1-5,7,18H,6H2,(H,19,20). The maximum atomic E-state index is 13.5. The highest BCUT2D eigenvalue weighted by molar-refractivity contribution is 5.90. The predicted molar refractivity (Wildman–Crippen MR) is 69.7 cm³/mol. The second-order valence-corrected chi connectivity index (χ2v) is 4.35. The summed E-state index contributed by atoms with van der Waals surface area (Å²) in [4.78, 5) is 0. The summed E-state index contributed by atoms with van der Waals surface area (Å²) < 4.78 is 39.5. The highest BCUT2D eigenvalue weighted by atomic mass is 19.2. The van der Waals surface area contributed by atoms with Crippen molar-refractivity contribution < 1.29 is 13.2 Å². The van der Waals surface area contributed by atoms with E-state index in [0.29, 0.717) is 6.07 Å². The highest BCUT2D eigenvalue weighted by Crippen LogP contribution is 2.22. The van der Waals surface area contributed by atoms with Gasteiger partial charge in [-0.15, -0.1) is 0 Å². The number of benzene rings is 2. The Hall–Kier alpha value is -2.50. The van der Waals surface area contributed by atoms with Gasteiger partial charge in [0.15, 0.2) is 11.6 Å². The van der Waals surface area contributed by atoms with Gasteiger partial charge in [-0.1, -0.05) is 6.07 Å². The van der Waals surface area contributed by atoms with Crippen molar-refractivity contribution in [2.45, 2.75) is 6.54 Å². The van der Waals surface area contributed by atoms with Crippen molar-refractivity contribution in [3.8, 4) is 0 Å². The summed E-state index contributed by atoms with van der Waals surface area (Å²) in [5.74, 6) is -3.04. The average molecular weight is 277 g/mol. The molecule has 1 aromatic heterocycles. The molecule has 0 saturated heterocycles. The van der Waals surface area contributed by atoms with E-state index in [-0.39, 0.29) is 12.1 Å². The van der Waals surface area contributed by atoms with E-state index in [9.17, 15) is 13.2 Å². The molecule has 20 heavy (non-hydrogen) atoms. The lowest BCUT2D eigenvalue weighted by atomic mass is 10.1. The van der Waals surface area contributed by atoms with E-state index in [4.69, 9.17) is 0 Å². The van der Waals surface area contributed by atoms with Crippen molar-refractivity contribution >= 4 is 16.6 Å². The molecular formula is C14H10F3N3. The van der Waals surface area contributed by atoms with Gasteiger partial charge in [0.2, 0.25) is 0 Å². The number of hydrogen-bond donors (Lipinski definition) is 2. The van der Waals surface area contributed by atoms with Gasteiger partial charge < -0.3 is 5.32 Å². The average Bonchev–Trinajstić information content (AvgIpc) is 2.90. The monoisotopic (exact) mass is 277 g/mol. The van der Waals surface area contributed by atoms with Gasteiger partial charge in [-0.25, -0.2) is 13.2 Å². The van der Waals surface area contributed by atoms with Crippen LogP contribution in [0.25, 0.3) is 10.9 Å². The molecule has 3 aromatic rings. The van der Waals surface area contributed by atoms with Crippen molar-refractivity contribution in [1.82, 2.24) is 10.2 Å². The smallest absolute Gasteiger partial charge is 0.161 e. The Morgan fingerprint density at radius 3 is 2.70 bits per heavy atom. The zero-order valence-electron chi connectivity index (χ0n) is 10.3. The lowest BCUT2D eigenvalue weighted by molar-refractivity contribution is 0.490. The van der Waals surface area contributed by atoms with E-state index >= 15 is 0 Å². The van der Waals surface area contributed by atoms with E-state index in [1.807, 2.05) is 12.1 Å². The van der Waals surface area contributed by atoms with Crippen LogP contribution in [0.3, 0.4) is 0 Å². The van der Waals surface area contributed by atoms with Crippen LogP contribution in [0.15, 0.2) is 36.5 Å². The molecule has 102 valence electrons. The number of H-pyrrole nitrogens is 1. The van der Waals surface area contributed by atoms with Crippen molar-refractivity contribution in [2.24, 2.45) is 0 Å². The minimum atomic E-state index is -1.19. The Kier molecular flexibility index (Phi) is 3.06. The van der Waals surface area contributed by atoms with Crippen LogP contribution in [-0.4, -0.2) is 10.2 Å². The van der Waals surface area contributed by atoms with Crippen LogP contribution in [0.5, 0.6) is 0 Å². The number of nitrogens with one attached hydrogen (secondary N) is 2. The minimum absolute atomic E-state index is 0.0489. The summed E-state index contributed by atoms with van der Waals surface area (Å²) in [5.41, 5.74) is 1.63. The quantitative estimate of drug-likeness (QED) is 0.718. The number of anilines is 1. The second-order valence-electron chi connectivity index (χ2n) is 4.35. The third kappa shape index (κ3) is 2.20. The minimum Gasteiger partial charge on any atom is -0.380 e. The molecule has 0 unspecified atom stereocenters. The molecule has 0 aliphatic rings. The van der Waals surface area contributed by atoms with E-state index in [0.717, 1.165) is 22.7 Å². The van der Waals surface area contributed by atoms with Crippen LogP contribution < -0.4 is 5.32 Å². The van der Waals surface area contributed by atoms with Crippen LogP contribution in [0, 0.1) is 17.5 Å². The molecule has 3 nitrogen and oxygen atoms in total. The Morgan fingerprint density at radius 1 is 1.05 bits per heavy atom. The predicted octanol–water partition coefficient (Wildman–Crippen LogP) is 3.59. The summed E-state index contributed by atoms with van der Waals surface area (Å²) >= 11 is 0. The van der Waals surface area contributed by atoms with Crippen LogP contribution >= 0.6 is 0 Å². The van der Waals surface area contributed by atoms with Crippen molar-refractivity contribution in [1.29, 1.82) is 0 Å². The van der Waals surface area contributed by atoms with Crippen LogP contribution in [-0.2, 0) is 6.54 Å². The van der Waals surface area contributed by atoms with Crippen molar-refractivity contribution in [3.05, 3.63) is 59.5 Å². The van der Waals surface area contributed by atoms with Gasteiger partial charge >= 0.3 is 0 Å². The number of hydrogen-bond acceptors (Lipinski definition) is 2. The molecular weight excluding hydrogens is 267 g/mol. The van der Waals surface area contributed by atoms with Crippen molar-refractivity contribution in [3.63, 3.8) is 0 Å².